The number of primary amides is 1. The van der Waals surface area contributed by atoms with Gasteiger partial charge in [-0.15, -0.1) is 0 Å². The molecule has 0 aromatic heterocycles. The van der Waals surface area contributed by atoms with Crippen molar-refractivity contribution in [3.05, 3.63) is 0 Å². The average molecular weight is 161 g/mol. The van der Waals surface area contributed by atoms with Gasteiger partial charge in [0.15, 0.2) is 0 Å². The molecule has 3 N–H and O–H groups in total. The Morgan fingerprint density at radius 2 is 2.18 bits per heavy atom. The van der Waals surface area contributed by atoms with Gasteiger partial charge in [0, 0.05) is 6.61 Å². The monoisotopic (exact) mass is 161 g/mol. The van der Waals surface area contributed by atoms with Gasteiger partial charge in [-0.05, 0) is 6.92 Å². The Morgan fingerprint density at radius 1 is 1.64 bits per heavy atom. The fourth-order valence-corrected chi connectivity index (χ4v) is 0.601. The van der Waals surface area contributed by atoms with Crippen molar-refractivity contribution in [1.29, 1.82) is 0 Å². The van der Waals surface area contributed by atoms with E-state index in [1.165, 1.54) is 0 Å². The van der Waals surface area contributed by atoms with E-state index in [1.54, 1.807) is 6.92 Å². The molecule has 0 aliphatic heterocycles. The van der Waals surface area contributed by atoms with Crippen molar-refractivity contribution in [3.8, 4) is 0 Å². The second kappa shape index (κ2) is 4.68. The van der Waals surface area contributed by atoms with Crippen molar-refractivity contribution in [2.75, 3.05) is 6.61 Å². The van der Waals surface area contributed by atoms with E-state index < -0.39 is 18.0 Å². The molecule has 0 fully saturated rings. The van der Waals surface area contributed by atoms with Crippen LogP contribution in [0.3, 0.4) is 0 Å². The molecule has 0 heterocycles. The van der Waals surface area contributed by atoms with E-state index in [0.29, 0.717) is 0 Å². The molecule has 0 bridgehead atoms. The van der Waals surface area contributed by atoms with Crippen molar-refractivity contribution in [1.82, 2.24) is 0 Å². The van der Waals surface area contributed by atoms with Gasteiger partial charge in [-0.25, -0.2) is 0 Å². The topological polar surface area (TPSA) is 89.6 Å². The van der Waals surface area contributed by atoms with E-state index in [9.17, 15) is 9.59 Å². The Morgan fingerprint density at radius 3 is 2.45 bits per heavy atom. The lowest BCUT2D eigenvalue weighted by Crippen LogP contribution is -2.33. The molecule has 5 nitrogen and oxygen atoms in total. The second-order valence-electron chi connectivity index (χ2n) is 1.94. The lowest BCUT2D eigenvalue weighted by atomic mass is 10.2. The van der Waals surface area contributed by atoms with Gasteiger partial charge in [-0.3, -0.25) is 9.59 Å². The predicted octanol–water partition coefficient (Wildman–Crippen LogP) is -0.648. The first-order valence-electron chi connectivity index (χ1n) is 3.20. The number of hydrogen-bond donors (Lipinski definition) is 2. The highest BCUT2D eigenvalue weighted by Gasteiger charge is 2.18. The van der Waals surface area contributed by atoms with Crippen molar-refractivity contribution >= 4 is 11.9 Å². The standard InChI is InChI=1S/C6H11NO4/c1-2-11-4(6(7)10)3-5(8)9/h4H,2-3H2,1H3,(H2,7,10)(H,8,9). The maximum absolute atomic E-state index is 10.5. The summed E-state index contributed by atoms with van der Waals surface area (Å²) in [7, 11) is 0. The highest BCUT2D eigenvalue weighted by molar-refractivity contribution is 5.83. The van der Waals surface area contributed by atoms with E-state index in [0.717, 1.165) is 0 Å². The number of carbonyl (C=O) groups is 2. The number of ether oxygens (including phenoxy) is 1. The number of hydrogen-bond acceptors (Lipinski definition) is 3. The smallest absolute Gasteiger partial charge is 0.306 e. The predicted molar refractivity (Wildman–Crippen MR) is 36.9 cm³/mol. The molecule has 64 valence electrons. The van der Waals surface area contributed by atoms with Crippen LogP contribution in [0, 0.1) is 0 Å². The first-order valence-corrected chi connectivity index (χ1v) is 3.20. The van der Waals surface area contributed by atoms with Gasteiger partial charge in [-0.2, -0.15) is 0 Å². The van der Waals surface area contributed by atoms with Crippen LogP contribution in [-0.4, -0.2) is 29.7 Å². The van der Waals surface area contributed by atoms with Gasteiger partial charge in [0.05, 0.1) is 6.42 Å². The Labute approximate surface area is 64.1 Å². The summed E-state index contributed by atoms with van der Waals surface area (Å²) in [5.74, 6) is -1.84. The summed E-state index contributed by atoms with van der Waals surface area (Å²) in [6.45, 7) is 1.94. The van der Waals surface area contributed by atoms with Crippen molar-refractivity contribution in [3.63, 3.8) is 0 Å². The van der Waals surface area contributed by atoms with Crippen LogP contribution in [0.2, 0.25) is 0 Å². The first-order chi connectivity index (χ1) is 5.07. The zero-order valence-electron chi connectivity index (χ0n) is 6.24. The maximum atomic E-state index is 10.5. The van der Waals surface area contributed by atoms with Crippen LogP contribution < -0.4 is 5.73 Å². The van der Waals surface area contributed by atoms with E-state index >= 15 is 0 Å². The number of amides is 1. The number of carboxylic acid groups (broad SMARTS) is 1. The number of carboxylic acids is 1. The number of aliphatic carboxylic acids is 1. The summed E-state index contributed by atoms with van der Waals surface area (Å²) in [6, 6.07) is 0. The van der Waals surface area contributed by atoms with E-state index in [2.05, 4.69) is 0 Å². The highest BCUT2D eigenvalue weighted by atomic mass is 16.5. The number of nitrogens with two attached hydrogens (primary N) is 1. The lowest BCUT2D eigenvalue weighted by Gasteiger charge is -2.09. The van der Waals surface area contributed by atoms with Crippen LogP contribution in [0.4, 0.5) is 0 Å². The molecule has 0 spiro atoms. The summed E-state index contributed by atoms with van der Waals surface area (Å²) in [4.78, 5) is 20.6. The Hall–Kier alpha value is -1.10. The maximum Gasteiger partial charge on any atom is 0.306 e. The summed E-state index contributed by atoms with van der Waals surface area (Å²) in [5, 5.41) is 8.27. The third kappa shape index (κ3) is 4.32. The van der Waals surface area contributed by atoms with Crippen LogP contribution in [0.15, 0.2) is 0 Å². The molecule has 0 saturated heterocycles. The normalized spacial score (nSPS) is 12.5. The molecule has 11 heavy (non-hydrogen) atoms. The van der Waals surface area contributed by atoms with Crippen molar-refractivity contribution in [2.45, 2.75) is 19.4 Å². The first kappa shape index (κ1) is 9.90. The molecule has 0 rings (SSSR count). The molecule has 1 atom stereocenters. The molecule has 0 aliphatic carbocycles. The largest absolute Gasteiger partial charge is 0.481 e. The Bertz CT molecular complexity index is 157. The van der Waals surface area contributed by atoms with E-state index in [4.69, 9.17) is 15.6 Å². The number of rotatable bonds is 5. The summed E-state index contributed by atoms with van der Waals surface area (Å²) >= 11 is 0. The third-order valence-corrected chi connectivity index (χ3v) is 1.05. The molecule has 5 heteroatoms. The molecule has 0 aromatic rings. The van der Waals surface area contributed by atoms with E-state index in [-0.39, 0.29) is 13.0 Å². The minimum Gasteiger partial charge on any atom is -0.481 e. The van der Waals surface area contributed by atoms with Gasteiger partial charge < -0.3 is 15.6 Å². The minimum atomic E-state index is -1.10. The molecule has 0 aliphatic rings. The van der Waals surface area contributed by atoms with Gasteiger partial charge >= 0.3 is 5.97 Å². The van der Waals surface area contributed by atoms with Crippen LogP contribution in [0.1, 0.15) is 13.3 Å². The molecule has 0 aromatic carbocycles. The average Bonchev–Trinajstić information content (AvgIpc) is 1.86. The Kier molecular flexibility index (Phi) is 4.21. The van der Waals surface area contributed by atoms with Crippen LogP contribution in [0.5, 0.6) is 0 Å². The molecule has 0 saturated carbocycles. The van der Waals surface area contributed by atoms with Gasteiger partial charge in [0.2, 0.25) is 5.91 Å². The quantitative estimate of drug-likeness (QED) is 0.560. The lowest BCUT2D eigenvalue weighted by molar-refractivity contribution is -0.145. The van der Waals surface area contributed by atoms with E-state index in [1.807, 2.05) is 0 Å². The zero-order valence-corrected chi connectivity index (χ0v) is 6.24. The fraction of sp³-hybridized carbons (Fsp3) is 0.667. The number of carbonyl (C=O) groups excluding carboxylic acids is 1. The van der Waals surface area contributed by atoms with Crippen molar-refractivity contribution < 1.29 is 19.4 Å². The minimum absolute atomic E-state index is 0.279. The van der Waals surface area contributed by atoms with Crippen LogP contribution in [0.25, 0.3) is 0 Å². The van der Waals surface area contributed by atoms with Crippen LogP contribution in [-0.2, 0) is 14.3 Å². The zero-order chi connectivity index (χ0) is 8.85. The molecule has 1 amide bonds. The SMILES string of the molecule is CCOC(CC(=O)O)C(N)=O. The molecular weight excluding hydrogens is 150 g/mol. The van der Waals surface area contributed by atoms with Crippen molar-refractivity contribution in [2.24, 2.45) is 5.73 Å². The Balaban J connectivity index is 3.89. The summed E-state index contributed by atoms with van der Waals surface area (Å²) in [5.41, 5.74) is 4.84. The summed E-state index contributed by atoms with van der Waals surface area (Å²) < 4.78 is 4.76. The van der Waals surface area contributed by atoms with Gasteiger partial charge in [0.1, 0.15) is 6.10 Å². The third-order valence-electron chi connectivity index (χ3n) is 1.05. The molecule has 1 unspecified atom stereocenters. The second-order valence-corrected chi connectivity index (χ2v) is 1.94. The van der Waals surface area contributed by atoms with Crippen LogP contribution >= 0.6 is 0 Å². The van der Waals surface area contributed by atoms with Gasteiger partial charge in [-0.1, -0.05) is 0 Å². The summed E-state index contributed by atoms with van der Waals surface area (Å²) in [6.07, 6.45) is -1.37. The highest BCUT2D eigenvalue weighted by Crippen LogP contribution is 1.96. The molecule has 0 radical (unpaired) electrons. The van der Waals surface area contributed by atoms with Gasteiger partial charge in [0.25, 0.3) is 0 Å². The molecular formula is C6H11NO4. The fourth-order valence-electron chi connectivity index (χ4n) is 0.601.